The topological polar surface area (TPSA) is 49.5 Å². The molecule has 1 aromatic rings. The third kappa shape index (κ3) is 3.36. The summed E-state index contributed by atoms with van der Waals surface area (Å²) in [5, 5.41) is 11.7. The van der Waals surface area contributed by atoms with E-state index in [1.807, 2.05) is 24.3 Å². The van der Waals surface area contributed by atoms with Crippen LogP contribution in [0.5, 0.6) is 0 Å². The maximum Gasteiger partial charge on any atom is 0.0728 e. The maximum absolute atomic E-state index is 11.7. The molecule has 150 valence electrons. The lowest BCUT2D eigenvalue weighted by molar-refractivity contribution is -0.196. The highest BCUT2D eigenvalue weighted by Crippen LogP contribution is 2.65. The van der Waals surface area contributed by atoms with Crippen molar-refractivity contribution in [2.45, 2.75) is 63.4 Å². The van der Waals surface area contributed by atoms with Gasteiger partial charge in [-0.2, -0.15) is 0 Å². The Labute approximate surface area is 169 Å². The van der Waals surface area contributed by atoms with E-state index in [0.717, 1.165) is 67.9 Å². The van der Waals surface area contributed by atoms with Crippen LogP contribution in [0.25, 0.3) is 0 Å². The maximum atomic E-state index is 11.7. The smallest absolute Gasteiger partial charge is 0.0728 e. The summed E-state index contributed by atoms with van der Waals surface area (Å²) in [5.41, 5.74) is 7.42. The Bertz CT molecular complexity index is 746. The largest absolute Gasteiger partial charge is 0.399 e. The number of piperidine rings is 1. The van der Waals surface area contributed by atoms with Gasteiger partial charge < -0.3 is 15.7 Å². The Hall–Kier alpha value is -1.50. The lowest BCUT2D eigenvalue weighted by Gasteiger charge is -2.63. The SMILES string of the molecule is Nc1cccc(C#CCCN2CCC(O)(C34CC5CC(CC(C5)C3)C4)CC2)c1. The number of rotatable bonds is 3. The molecule has 1 heterocycles. The van der Waals surface area contributed by atoms with Crippen LogP contribution >= 0.6 is 0 Å². The summed E-state index contributed by atoms with van der Waals surface area (Å²) in [6, 6.07) is 7.79. The van der Waals surface area contributed by atoms with Crippen molar-refractivity contribution < 1.29 is 5.11 Å². The van der Waals surface area contributed by atoms with E-state index in [1.165, 1.54) is 38.5 Å². The van der Waals surface area contributed by atoms with Crippen molar-refractivity contribution >= 4 is 5.69 Å². The molecule has 6 rings (SSSR count). The van der Waals surface area contributed by atoms with Gasteiger partial charge >= 0.3 is 0 Å². The van der Waals surface area contributed by atoms with Gasteiger partial charge in [-0.25, -0.2) is 0 Å². The summed E-state index contributed by atoms with van der Waals surface area (Å²) in [7, 11) is 0. The molecule has 0 aromatic heterocycles. The lowest BCUT2D eigenvalue weighted by atomic mass is 9.44. The number of benzene rings is 1. The van der Waals surface area contributed by atoms with Crippen molar-refractivity contribution in [3.05, 3.63) is 29.8 Å². The van der Waals surface area contributed by atoms with E-state index in [-0.39, 0.29) is 5.41 Å². The molecular weight excluding hydrogens is 344 g/mol. The minimum atomic E-state index is -0.410. The van der Waals surface area contributed by atoms with E-state index in [0.29, 0.717) is 0 Å². The zero-order valence-electron chi connectivity index (χ0n) is 17.0. The van der Waals surface area contributed by atoms with Gasteiger partial charge in [0.1, 0.15) is 0 Å². The van der Waals surface area contributed by atoms with Crippen molar-refractivity contribution in [1.29, 1.82) is 0 Å². The average Bonchev–Trinajstić information content (AvgIpc) is 2.66. The summed E-state index contributed by atoms with van der Waals surface area (Å²) < 4.78 is 0. The van der Waals surface area contributed by atoms with Crippen LogP contribution in [0, 0.1) is 35.0 Å². The standard InChI is InChI=1S/C25H34N2O/c26-23-6-3-5-19(15-23)4-1-2-9-27-10-7-25(28,8-11-27)24-16-20-12-21(17-24)14-22(13-20)18-24/h3,5-6,15,20-22,28H,2,7-14,16-18,26H2. The van der Waals surface area contributed by atoms with Crippen LogP contribution in [-0.2, 0) is 0 Å². The van der Waals surface area contributed by atoms with Gasteiger partial charge in [-0.15, -0.1) is 0 Å². The highest BCUT2D eigenvalue weighted by Gasteiger charge is 2.60. The number of likely N-dealkylation sites (tertiary alicyclic amines) is 1. The van der Waals surface area contributed by atoms with Crippen LogP contribution in [0.1, 0.15) is 63.4 Å². The molecule has 4 bridgehead atoms. The summed E-state index contributed by atoms with van der Waals surface area (Å²) in [4.78, 5) is 2.50. The number of aliphatic hydroxyl groups is 1. The van der Waals surface area contributed by atoms with E-state index < -0.39 is 5.60 Å². The van der Waals surface area contributed by atoms with Gasteiger partial charge in [0.05, 0.1) is 5.60 Å². The molecule has 3 heteroatoms. The Morgan fingerprint density at radius 3 is 2.29 bits per heavy atom. The third-order valence-electron chi connectivity index (χ3n) is 8.38. The number of nitrogen functional groups attached to an aromatic ring is 1. The first-order valence-corrected chi connectivity index (χ1v) is 11.3. The van der Waals surface area contributed by atoms with Gasteiger partial charge in [-0.3, -0.25) is 0 Å². The quantitative estimate of drug-likeness (QED) is 0.616. The van der Waals surface area contributed by atoms with Crippen molar-refractivity contribution in [2.75, 3.05) is 25.4 Å². The van der Waals surface area contributed by atoms with E-state index in [9.17, 15) is 5.11 Å². The molecule has 4 saturated carbocycles. The summed E-state index contributed by atoms with van der Waals surface area (Å²) >= 11 is 0. The fraction of sp³-hybridized carbons (Fsp3) is 0.680. The summed E-state index contributed by atoms with van der Waals surface area (Å²) in [6.45, 7) is 3.06. The molecule has 3 nitrogen and oxygen atoms in total. The first kappa shape index (κ1) is 18.5. The molecule has 1 aliphatic heterocycles. The van der Waals surface area contributed by atoms with Gasteiger partial charge in [0, 0.05) is 42.7 Å². The van der Waals surface area contributed by atoms with Crippen LogP contribution in [0.3, 0.4) is 0 Å². The van der Waals surface area contributed by atoms with Crippen LogP contribution in [0.2, 0.25) is 0 Å². The first-order chi connectivity index (χ1) is 13.5. The predicted molar refractivity (Wildman–Crippen MR) is 114 cm³/mol. The number of nitrogens with zero attached hydrogens (tertiary/aromatic N) is 1. The molecule has 3 N–H and O–H groups in total. The van der Waals surface area contributed by atoms with Crippen molar-refractivity contribution in [1.82, 2.24) is 4.90 Å². The number of hydrogen-bond acceptors (Lipinski definition) is 3. The third-order valence-corrected chi connectivity index (χ3v) is 8.38. The zero-order chi connectivity index (χ0) is 19.2. The number of hydrogen-bond donors (Lipinski definition) is 2. The zero-order valence-corrected chi connectivity index (χ0v) is 17.0. The van der Waals surface area contributed by atoms with E-state index in [1.54, 1.807) is 0 Å². The van der Waals surface area contributed by atoms with Gasteiger partial charge in [0.25, 0.3) is 0 Å². The first-order valence-electron chi connectivity index (χ1n) is 11.3. The molecule has 28 heavy (non-hydrogen) atoms. The minimum Gasteiger partial charge on any atom is -0.399 e. The molecule has 0 unspecified atom stereocenters. The van der Waals surface area contributed by atoms with Crippen LogP contribution in [0.4, 0.5) is 5.69 Å². The number of anilines is 1. The molecule has 1 aromatic carbocycles. The van der Waals surface area contributed by atoms with E-state index in [2.05, 4.69) is 16.7 Å². The van der Waals surface area contributed by atoms with E-state index in [4.69, 9.17) is 5.73 Å². The molecule has 4 aliphatic carbocycles. The number of nitrogens with two attached hydrogens (primary N) is 1. The predicted octanol–water partition coefficient (Wildman–Crippen LogP) is 4.05. The monoisotopic (exact) mass is 378 g/mol. The second-order valence-corrected chi connectivity index (χ2v) is 10.2. The average molecular weight is 379 g/mol. The van der Waals surface area contributed by atoms with Crippen molar-refractivity contribution in [3.63, 3.8) is 0 Å². The Morgan fingerprint density at radius 2 is 1.68 bits per heavy atom. The molecule has 1 saturated heterocycles. The van der Waals surface area contributed by atoms with Gasteiger partial charge in [-0.1, -0.05) is 17.9 Å². The molecule has 0 radical (unpaired) electrons. The lowest BCUT2D eigenvalue weighted by Crippen LogP contribution is -2.61. The van der Waals surface area contributed by atoms with Gasteiger partial charge in [0.2, 0.25) is 0 Å². The molecule has 0 atom stereocenters. The fourth-order valence-corrected chi connectivity index (χ4v) is 7.35. The Kier molecular flexibility index (Phi) is 4.68. The second kappa shape index (κ2) is 7.08. The van der Waals surface area contributed by atoms with Crippen molar-refractivity contribution in [2.24, 2.45) is 23.2 Å². The minimum absolute atomic E-state index is 0.251. The van der Waals surface area contributed by atoms with Gasteiger partial charge in [-0.05, 0) is 87.3 Å². The summed E-state index contributed by atoms with van der Waals surface area (Å²) in [5.74, 6) is 9.26. The fourth-order valence-electron chi connectivity index (χ4n) is 7.35. The van der Waals surface area contributed by atoms with E-state index >= 15 is 0 Å². The highest BCUT2D eigenvalue weighted by atomic mass is 16.3. The molecular formula is C25H34N2O. The van der Waals surface area contributed by atoms with Crippen molar-refractivity contribution in [3.8, 4) is 11.8 Å². The van der Waals surface area contributed by atoms with Gasteiger partial charge in [0.15, 0.2) is 0 Å². The summed E-state index contributed by atoms with van der Waals surface area (Å²) in [6.07, 6.45) is 11.1. The molecule has 0 spiro atoms. The Morgan fingerprint density at radius 1 is 1.04 bits per heavy atom. The second-order valence-electron chi connectivity index (χ2n) is 10.2. The highest BCUT2D eigenvalue weighted by molar-refractivity contribution is 5.46. The Balaban J connectivity index is 1.16. The molecule has 0 amide bonds. The van der Waals surface area contributed by atoms with Crippen LogP contribution in [-0.4, -0.2) is 35.2 Å². The molecule has 5 aliphatic rings. The molecule has 5 fully saturated rings. The normalized spacial score (nSPS) is 36.1. The van der Waals surface area contributed by atoms with Crippen LogP contribution in [0.15, 0.2) is 24.3 Å². The van der Waals surface area contributed by atoms with Crippen LogP contribution < -0.4 is 5.73 Å².